The van der Waals surface area contributed by atoms with E-state index in [0.717, 1.165) is 0 Å². The van der Waals surface area contributed by atoms with Gasteiger partial charge in [-0.25, -0.2) is 9.78 Å². The van der Waals surface area contributed by atoms with Crippen LogP contribution in [0.3, 0.4) is 0 Å². The van der Waals surface area contributed by atoms with Crippen LogP contribution in [0.4, 0.5) is 13.2 Å². The molecular weight excluding hydrogens is 271 g/mol. The lowest BCUT2D eigenvalue weighted by atomic mass is 10.3. The molecule has 0 aliphatic rings. The average Bonchev–Trinajstić information content (AvgIpc) is 2.27. The number of nitrogens with zero attached hydrogens (tertiary/aromatic N) is 1. The third-order valence-electron chi connectivity index (χ3n) is 1.71. The van der Waals surface area contributed by atoms with E-state index in [2.05, 4.69) is 9.72 Å². The molecular formula is C10H10F3NO3S. The van der Waals surface area contributed by atoms with Gasteiger partial charge < -0.3 is 9.84 Å². The first-order valence-corrected chi connectivity index (χ1v) is 5.84. The van der Waals surface area contributed by atoms with E-state index < -0.39 is 18.8 Å². The highest BCUT2D eigenvalue weighted by molar-refractivity contribution is 7.99. The van der Waals surface area contributed by atoms with Gasteiger partial charge in [-0.05, 0) is 12.1 Å². The number of hydrogen-bond donors (Lipinski definition) is 1. The molecule has 0 aliphatic carbocycles. The molecule has 8 heteroatoms. The zero-order chi connectivity index (χ0) is 13.6. The number of carboxylic acids is 1. The second-order valence-corrected chi connectivity index (χ2v) is 4.37. The lowest BCUT2D eigenvalue weighted by molar-refractivity contribution is -0.172. The van der Waals surface area contributed by atoms with E-state index in [0.29, 0.717) is 10.6 Å². The molecule has 0 saturated heterocycles. The summed E-state index contributed by atoms with van der Waals surface area (Å²) >= 11 is 1.21. The molecule has 0 saturated carbocycles. The Morgan fingerprint density at radius 2 is 2.22 bits per heavy atom. The molecule has 1 aromatic rings. The van der Waals surface area contributed by atoms with Gasteiger partial charge in [0.15, 0.2) is 0 Å². The summed E-state index contributed by atoms with van der Waals surface area (Å²) in [6, 6.07) is 2.94. The number of rotatable bonds is 6. The fourth-order valence-electron chi connectivity index (χ4n) is 1.02. The molecule has 4 nitrogen and oxygen atoms in total. The zero-order valence-electron chi connectivity index (χ0n) is 9.11. The largest absolute Gasteiger partial charge is 0.477 e. The van der Waals surface area contributed by atoms with E-state index in [9.17, 15) is 18.0 Å². The Kier molecular flexibility index (Phi) is 5.42. The fourth-order valence-corrected chi connectivity index (χ4v) is 1.81. The van der Waals surface area contributed by atoms with Crippen molar-refractivity contribution >= 4 is 17.7 Å². The van der Waals surface area contributed by atoms with Crippen LogP contribution in [-0.4, -0.2) is 41.2 Å². The summed E-state index contributed by atoms with van der Waals surface area (Å²) in [4.78, 5) is 14.9. The first-order valence-electron chi connectivity index (χ1n) is 4.85. The minimum absolute atomic E-state index is 0.0606. The molecule has 0 spiro atoms. The van der Waals surface area contributed by atoms with Crippen LogP contribution in [0.2, 0.25) is 0 Å². The van der Waals surface area contributed by atoms with Crippen molar-refractivity contribution in [2.45, 2.75) is 11.1 Å². The molecule has 0 bridgehead atoms. The van der Waals surface area contributed by atoms with Crippen molar-refractivity contribution in [2.75, 3.05) is 19.0 Å². The van der Waals surface area contributed by atoms with Gasteiger partial charge in [0.25, 0.3) is 0 Å². The lowest BCUT2D eigenvalue weighted by Gasteiger charge is -2.07. The molecule has 1 heterocycles. The Labute approximate surface area is 105 Å². The molecule has 1 N–H and O–H groups in total. The number of halogens is 3. The number of thioether (sulfide) groups is 1. The Hall–Kier alpha value is -1.28. The number of alkyl halides is 3. The smallest absolute Gasteiger partial charge is 0.411 e. The van der Waals surface area contributed by atoms with Gasteiger partial charge in [-0.15, -0.1) is 11.8 Å². The van der Waals surface area contributed by atoms with Crippen molar-refractivity contribution in [1.29, 1.82) is 0 Å². The molecule has 0 atom stereocenters. The zero-order valence-corrected chi connectivity index (χ0v) is 9.92. The highest BCUT2D eigenvalue weighted by Gasteiger charge is 2.27. The molecule has 100 valence electrons. The number of aromatic nitrogens is 1. The number of ether oxygens (including phenoxy) is 1. The van der Waals surface area contributed by atoms with E-state index in [-0.39, 0.29) is 12.3 Å². The molecule has 0 amide bonds. The predicted octanol–water partition coefficient (Wildman–Crippen LogP) is 2.45. The van der Waals surface area contributed by atoms with E-state index >= 15 is 0 Å². The Balaban J connectivity index is 2.31. The van der Waals surface area contributed by atoms with Crippen LogP contribution in [0.5, 0.6) is 0 Å². The van der Waals surface area contributed by atoms with Crippen LogP contribution in [0.15, 0.2) is 23.2 Å². The van der Waals surface area contributed by atoms with E-state index in [4.69, 9.17) is 5.11 Å². The number of hydrogen-bond acceptors (Lipinski definition) is 4. The summed E-state index contributed by atoms with van der Waals surface area (Å²) in [7, 11) is 0. The molecule has 0 radical (unpaired) electrons. The molecule has 0 unspecified atom stereocenters. The lowest BCUT2D eigenvalue weighted by Crippen LogP contribution is -2.17. The predicted molar refractivity (Wildman–Crippen MR) is 58.8 cm³/mol. The van der Waals surface area contributed by atoms with Crippen molar-refractivity contribution in [3.63, 3.8) is 0 Å². The maximum atomic E-state index is 11.7. The van der Waals surface area contributed by atoms with Gasteiger partial charge in [0.1, 0.15) is 12.3 Å². The maximum absolute atomic E-state index is 11.7. The Morgan fingerprint density at radius 3 is 2.83 bits per heavy atom. The molecule has 0 fully saturated rings. The van der Waals surface area contributed by atoms with E-state index in [1.165, 1.54) is 24.0 Å². The van der Waals surface area contributed by atoms with E-state index in [1.807, 2.05) is 0 Å². The van der Waals surface area contributed by atoms with Crippen LogP contribution in [-0.2, 0) is 4.74 Å². The van der Waals surface area contributed by atoms with Crippen molar-refractivity contribution < 1.29 is 27.8 Å². The first kappa shape index (κ1) is 14.8. The van der Waals surface area contributed by atoms with Gasteiger partial charge in [-0.3, -0.25) is 0 Å². The van der Waals surface area contributed by atoms with Crippen LogP contribution >= 0.6 is 11.8 Å². The summed E-state index contributed by atoms with van der Waals surface area (Å²) < 4.78 is 39.6. The van der Waals surface area contributed by atoms with Gasteiger partial charge in [0, 0.05) is 16.8 Å². The van der Waals surface area contributed by atoms with Crippen molar-refractivity contribution in [3.8, 4) is 0 Å². The minimum Gasteiger partial charge on any atom is -0.477 e. The van der Waals surface area contributed by atoms with Gasteiger partial charge in [-0.2, -0.15) is 13.2 Å². The number of carboxylic acid groups (broad SMARTS) is 1. The normalized spacial score (nSPS) is 11.5. The van der Waals surface area contributed by atoms with Gasteiger partial charge in [-0.1, -0.05) is 0 Å². The minimum atomic E-state index is -4.32. The van der Waals surface area contributed by atoms with Gasteiger partial charge in [0.2, 0.25) is 0 Å². The van der Waals surface area contributed by atoms with Crippen LogP contribution in [0.25, 0.3) is 0 Å². The molecule has 0 aliphatic heterocycles. The Bertz CT molecular complexity index is 412. The average molecular weight is 281 g/mol. The Morgan fingerprint density at radius 1 is 1.50 bits per heavy atom. The molecule has 1 rings (SSSR count). The van der Waals surface area contributed by atoms with Crippen molar-refractivity contribution in [2.24, 2.45) is 0 Å². The third kappa shape index (κ3) is 5.87. The van der Waals surface area contributed by atoms with Gasteiger partial charge in [0.05, 0.1) is 6.61 Å². The van der Waals surface area contributed by atoms with Crippen LogP contribution in [0.1, 0.15) is 10.5 Å². The first-order chi connectivity index (χ1) is 8.38. The number of aromatic carboxylic acids is 1. The summed E-state index contributed by atoms with van der Waals surface area (Å²) in [6.07, 6.45) is -2.99. The second-order valence-electron chi connectivity index (χ2n) is 3.20. The SMILES string of the molecule is O=C(O)c1cc(SCCOCC(F)(F)F)ccn1. The third-order valence-corrected chi connectivity index (χ3v) is 2.67. The van der Waals surface area contributed by atoms with Crippen molar-refractivity contribution in [3.05, 3.63) is 24.0 Å². The molecule has 1 aromatic heterocycles. The van der Waals surface area contributed by atoms with Crippen LogP contribution < -0.4 is 0 Å². The maximum Gasteiger partial charge on any atom is 0.411 e. The summed E-state index contributed by atoms with van der Waals surface area (Å²) in [5.41, 5.74) is -0.101. The highest BCUT2D eigenvalue weighted by atomic mass is 32.2. The van der Waals surface area contributed by atoms with E-state index in [1.54, 1.807) is 6.07 Å². The monoisotopic (exact) mass is 281 g/mol. The molecule has 18 heavy (non-hydrogen) atoms. The number of carbonyl (C=O) groups is 1. The summed E-state index contributed by atoms with van der Waals surface area (Å²) in [6.45, 7) is -1.33. The second kappa shape index (κ2) is 6.60. The summed E-state index contributed by atoms with van der Waals surface area (Å²) in [5, 5.41) is 8.69. The molecule has 0 aromatic carbocycles. The van der Waals surface area contributed by atoms with Crippen LogP contribution in [0, 0.1) is 0 Å². The van der Waals surface area contributed by atoms with Gasteiger partial charge >= 0.3 is 12.1 Å². The fraction of sp³-hybridized carbons (Fsp3) is 0.400. The standard InChI is InChI=1S/C10H10F3NO3S/c11-10(12,13)6-17-3-4-18-7-1-2-14-8(5-7)9(15)16/h1-2,5H,3-4,6H2,(H,15,16). The number of pyridine rings is 1. The highest BCUT2D eigenvalue weighted by Crippen LogP contribution is 2.19. The van der Waals surface area contributed by atoms with Crippen molar-refractivity contribution in [1.82, 2.24) is 4.98 Å². The topological polar surface area (TPSA) is 59.4 Å². The summed E-state index contributed by atoms with van der Waals surface area (Å²) in [5.74, 6) is -0.843. The quantitative estimate of drug-likeness (QED) is 0.641.